The van der Waals surface area contributed by atoms with Crippen molar-refractivity contribution in [3.05, 3.63) is 78.4 Å². The number of aliphatic carboxylic acids is 1. The maximum absolute atomic E-state index is 14.3. The van der Waals surface area contributed by atoms with Gasteiger partial charge in [0.2, 0.25) is 15.9 Å². The molecule has 1 aliphatic heterocycles. The van der Waals surface area contributed by atoms with Crippen molar-refractivity contribution >= 4 is 50.9 Å². The van der Waals surface area contributed by atoms with E-state index in [-0.39, 0.29) is 23.0 Å². The number of hydrogen-bond donors (Lipinski definition) is 4. The van der Waals surface area contributed by atoms with E-state index in [9.17, 15) is 27.9 Å². The Morgan fingerprint density at radius 3 is 2.13 bits per heavy atom. The topological polar surface area (TPSA) is 154 Å². The number of carboxylic acid groups (broad SMARTS) is 1. The molecule has 0 radical (unpaired) electrons. The van der Waals surface area contributed by atoms with E-state index in [1.807, 2.05) is 50.4 Å². The van der Waals surface area contributed by atoms with Crippen LogP contribution in [0.25, 0.3) is 0 Å². The van der Waals surface area contributed by atoms with Gasteiger partial charge in [-0.15, -0.1) is 11.8 Å². The van der Waals surface area contributed by atoms with Crippen LogP contribution < -0.4 is 25.0 Å². The third-order valence-corrected chi connectivity index (χ3v) is 11.5. The number of fused-ring (bicyclic) bond motifs is 1. The largest absolute Gasteiger partial charge is 0.483 e. The van der Waals surface area contributed by atoms with Crippen molar-refractivity contribution in [1.29, 1.82) is 0 Å². The van der Waals surface area contributed by atoms with E-state index in [2.05, 4.69) is 34.1 Å². The lowest BCUT2D eigenvalue weighted by molar-refractivity contribution is -0.142. The fourth-order valence-electron chi connectivity index (χ4n) is 6.48. The summed E-state index contributed by atoms with van der Waals surface area (Å²) in [6.07, 6.45) is 7.00. The second kappa shape index (κ2) is 18.6. The van der Waals surface area contributed by atoms with Gasteiger partial charge in [-0.05, 0) is 55.2 Å². The van der Waals surface area contributed by atoms with Crippen LogP contribution in [-0.2, 0) is 24.4 Å². The zero-order chi connectivity index (χ0) is 37.9. The SMILES string of the molecule is CCCCC1(CCCC)CN(c2ccccc2)c2cc(SC)c(OCC(=O)N[C@@H](C(=O)N[C@@H](CC(C)C)C(=O)O)c3ccccc3)cc2S(=O)(=O)N1. The molecule has 0 unspecified atom stereocenters. The maximum Gasteiger partial charge on any atom is 0.326 e. The monoisotopic (exact) mass is 752 g/mol. The predicted molar refractivity (Wildman–Crippen MR) is 206 cm³/mol. The van der Waals surface area contributed by atoms with Crippen LogP contribution in [0, 0.1) is 5.92 Å². The summed E-state index contributed by atoms with van der Waals surface area (Å²) >= 11 is 1.36. The van der Waals surface area contributed by atoms with E-state index in [1.165, 1.54) is 17.8 Å². The molecule has 1 aliphatic rings. The van der Waals surface area contributed by atoms with Gasteiger partial charge in [-0.3, -0.25) is 9.59 Å². The van der Waals surface area contributed by atoms with Crippen molar-refractivity contribution in [3.63, 3.8) is 0 Å². The Kier molecular flexibility index (Phi) is 14.6. The number of rotatable bonds is 18. The molecule has 0 fully saturated rings. The summed E-state index contributed by atoms with van der Waals surface area (Å²) in [6.45, 7) is 7.84. The van der Waals surface area contributed by atoms with E-state index in [4.69, 9.17) is 4.74 Å². The molecule has 0 spiro atoms. The molecule has 4 rings (SSSR count). The number of ether oxygens (including phenoxy) is 1. The number of amides is 2. The summed E-state index contributed by atoms with van der Waals surface area (Å²) in [7, 11) is -4.05. The molecule has 13 heteroatoms. The number of hydrogen-bond acceptors (Lipinski definition) is 8. The molecule has 0 saturated carbocycles. The third kappa shape index (κ3) is 10.5. The van der Waals surface area contributed by atoms with E-state index in [0.717, 1.165) is 31.4 Å². The van der Waals surface area contributed by atoms with Gasteiger partial charge in [-0.25, -0.2) is 17.9 Å². The number of nitrogens with one attached hydrogen (secondary N) is 3. The Morgan fingerprint density at radius 2 is 1.58 bits per heavy atom. The molecular weight excluding hydrogens is 701 g/mol. The molecule has 0 saturated heterocycles. The number of nitrogens with zero attached hydrogens (tertiary/aromatic N) is 1. The molecule has 3 aromatic carbocycles. The lowest BCUT2D eigenvalue weighted by Crippen LogP contribution is -2.53. The molecule has 11 nitrogen and oxygen atoms in total. The van der Waals surface area contributed by atoms with Crippen molar-refractivity contribution in [2.75, 3.05) is 24.3 Å². The minimum Gasteiger partial charge on any atom is -0.483 e. The number of carbonyl (C=O) groups is 3. The fraction of sp³-hybridized carbons (Fsp3) is 0.462. The second-order valence-corrected chi connectivity index (χ2v) is 16.2. The minimum absolute atomic E-state index is 0.00833. The van der Waals surface area contributed by atoms with Gasteiger partial charge in [-0.1, -0.05) is 102 Å². The summed E-state index contributed by atoms with van der Waals surface area (Å²) < 4.78 is 37.8. The number of carbonyl (C=O) groups excluding carboxylic acids is 2. The van der Waals surface area contributed by atoms with E-state index < -0.39 is 52.0 Å². The lowest BCUT2D eigenvalue weighted by Gasteiger charge is -2.37. The van der Waals surface area contributed by atoms with Gasteiger partial charge in [-0.2, -0.15) is 0 Å². The summed E-state index contributed by atoms with van der Waals surface area (Å²) in [5.74, 6) is -2.27. The highest BCUT2D eigenvalue weighted by molar-refractivity contribution is 7.98. The summed E-state index contributed by atoms with van der Waals surface area (Å²) in [6, 6.07) is 19.2. The lowest BCUT2D eigenvalue weighted by atomic mass is 9.87. The molecule has 0 aromatic heterocycles. The van der Waals surface area contributed by atoms with E-state index in [0.29, 0.717) is 35.5 Å². The van der Waals surface area contributed by atoms with Gasteiger partial charge in [0, 0.05) is 18.3 Å². The molecule has 282 valence electrons. The summed E-state index contributed by atoms with van der Waals surface area (Å²) in [5, 5.41) is 15.0. The maximum atomic E-state index is 14.3. The van der Waals surface area contributed by atoms with Gasteiger partial charge < -0.3 is 25.4 Å². The number of sulfonamides is 1. The minimum atomic E-state index is -4.05. The summed E-state index contributed by atoms with van der Waals surface area (Å²) in [4.78, 5) is 41.5. The van der Waals surface area contributed by atoms with Crippen LogP contribution in [0.1, 0.15) is 84.2 Å². The first kappa shape index (κ1) is 40.7. The zero-order valence-electron chi connectivity index (χ0n) is 30.7. The highest BCUT2D eigenvalue weighted by Crippen LogP contribution is 2.44. The Morgan fingerprint density at radius 1 is 0.962 bits per heavy atom. The highest BCUT2D eigenvalue weighted by atomic mass is 32.2. The van der Waals surface area contributed by atoms with Gasteiger partial charge in [0.25, 0.3) is 5.91 Å². The predicted octanol–water partition coefficient (Wildman–Crippen LogP) is 6.81. The van der Waals surface area contributed by atoms with E-state index >= 15 is 0 Å². The molecular formula is C39H52N4O7S2. The van der Waals surface area contributed by atoms with Gasteiger partial charge in [0.05, 0.1) is 16.1 Å². The van der Waals surface area contributed by atoms with E-state index in [1.54, 1.807) is 36.4 Å². The standard InChI is InChI=1S/C39H52N4O7S2/c1-6-8-20-39(21-9-7-2)26-43(29-18-14-11-15-19-29)31-23-33(51-5)32(24-34(31)52(48,49)42-39)50-25-35(44)41-36(28-16-12-10-13-17-28)37(45)40-30(38(46)47)22-27(3)4/h10-19,23-24,27,30,36,42H,6-9,20-22,25-26H2,1-5H3,(H,40,45)(H,41,44)(H,46,47)/t30-,36+/m0/s1. The number of thioether (sulfide) groups is 1. The third-order valence-electron chi connectivity index (χ3n) is 9.10. The molecule has 2 atom stereocenters. The smallest absolute Gasteiger partial charge is 0.326 e. The molecule has 0 bridgehead atoms. The van der Waals surface area contributed by atoms with Gasteiger partial charge >= 0.3 is 5.97 Å². The fourth-order valence-corrected chi connectivity index (χ4v) is 8.69. The summed E-state index contributed by atoms with van der Waals surface area (Å²) in [5.41, 5.74) is 1.14. The average molecular weight is 753 g/mol. The Bertz CT molecular complexity index is 1760. The van der Waals surface area contributed by atoms with Gasteiger partial charge in [0.1, 0.15) is 22.7 Å². The zero-order valence-corrected chi connectivity index (χ0v) is 32.3. The van der Waals surface area contributed by atoms with Crippen LogP contribution >= 0.6 is 11.8 Å². The van der Waals surface area contributed by atoms with Crippen LogP contribution in [0.3, 0.4) is 0 Å². The van der Waals surface area contributed by atoms with Crippen molar-refractivity contribution in [2.24, 2.45) is 5.92 Å². The number of benzene rings is 3. The van der Waals surface area contributed by atoms with Crippen LogP contribution in [0.15, 0.2) is 82.6 Å². The van der Waals surface area contributed by atoms with Crippen LogP contribution in [0.2, 0.25) is 0 Å². The Balaban J connectivity index is 1.67. The molecule has 2 amide bonds. The first-order valence-corrected chi connectivity index (χ1v) is 20.6. The number of para-hydroxylation sites is 1. The van der Waals surface area contributed by atoms with Gasteiger partial charge in [0.15, 0.2) is 6.61 Å². The van der Waals surface area contributed by atoms with Crippen LogP contribution in [0.4, 0.5) is 11.4 Å². The number of carboxylic acids is 1. The first-order valence-electron chi connectivity index (χ1n) is 17.9. The first-order chi connectivity index (χ1) is 24.8. The van der Waals surface area contributed by atoms with Crippen molar-refractivity contribution < 1.29 is 32.6 Å². The number of unbranched alkanes of at least 4 members (excludes halogenated alkanes) is 2. The quantitative estimate of drug-likeness (QED) is 0.103. The molecule has 3 aromatic rings. The van der Waals surface area contributed by atoms with Crippen molar-refractivity contribution in [1.82, 2.24) is 15.4 Å². The van der Waals surface area contributed by atoms with Crippen LogP contribution in [0.5, 0.6) is 5.75 Å². The molecule has 1 heterocycles. The second-order valence-electron chi connectivity index (χ2n) is 13.7. The van der Waals surface area contributed by atoms with Crippen molar-refractivity contribution in [2.45, 2.75) is 100 Å². The van der Waals surface area contributed by atoms with Crippen LogP contribution in [-0.4, -0.2) is 62.3 Å². The Hall–Kier alpha value is -4.07. The molecule has 52 heavy (non-hydrogen) atoms. The normalized spacial score (nSPS) is 15.9. The Labute approximate surface area is 312 Å². The molecule has 0 aliphatic carbocycles. The van der Waals surface area contributed by atoms with Crippen molar-refractivity contribution in [3.8, 4) is 5.75 Å². The highest BCUT2D eigenvalue weighted by Gasteiger charge is 2.42. The number of anilines is 2. The molecule has 4 N–H and O–H groups in total. The average Bonchev–Trinajstić information content (AvgIpc) is 3.22.